The highest BCUT2D eigenvalue weighted by Gasteiger charge is 2.28. The van der Waals surface area contributed by atoms with Gasteiger partial charge in [-0.05, 0) is 31.3 Å². The van der Waals surface area contributed by atoms with Crippen molar-refractivity contribution >= 4 is 41.3 Å². The molecule has 0 bridgehead atoms. The number of aryl methyl sites for hydroxylation is 1. The average molecular weight is 295 g/mol. The van der Waals surface area contributed by atoms with Crippen molar-refractivity contribution in [3.05, 3.63) is 20.8 Å². The summed E-state index contributed by atoms with van der Waals surface area (Å²) in [5.74, 6) is 0.0702. The molecule has 2 rings (SSSR count). The van der Waals surface area contributed by atoms with E-state index >= 15 is 0 Å². The number of rotatable bonds is 2. The van der Waals surface area contributed by atoms with Crippen molar-refractivity contribution in [2.45, 2.75) is 19.4 Å². The molecule has 17 heavy (non-hydrogen) atoms. The number of carbonyl (C=O) groups excluding carboxylic acids is 1. The van der Waals surface area contributed by atoms with Gasteiger partial charge in [-0.3, -0.25) is 4.79 Å². The second-order valence-electron chi connectivity index (χ2n) is 4.09. The Kier molecular flexibility index (Phi) is 5.25. The van der Waals surface area contributed by atoms with E-state index in [1.54, 1.807) is 0 Å². The van der Waals surface area contributed by atoms with E-state index < -0.39 is 0 Å². The second-order valence-corrected chi connectivity index (χ2v) is 5.34. The molecule has 1 unspecified atom stereocenters. The minimum atomic E-state index is 0. The molecule has 1 saturated heterocycles. The first-order valence-corrected chi connectivity index (χ1v) is 6.59. The van der Waals surface area contributed by atoms with Crippen LogP contribution in [0.4, 0.5) is 0 Å². The number of likely N-dealkylation sites (N-methyl/N-ethyl adjacent to an activating group) is 1. The second kappa shape index (κ2) is 6.05. The van der Waals surface area contributed by atoms with Crippen LogP contribution in [-0.4, -0.2) is 37.0 Å². The molecule has 0 radical (unpaired) electrons. The zero-order valence-corrected chi connectivity index (χ0v) is 12.2. The number of thiophene rings is 1. The third kappa shape index (κ3) is 2.94. The fourth-order valence-corrected chi connectivity index (χ4v) is 3.14. The maximum absolute atomic E-state index is 12.2. The molecule has 0 aliphatic carbocycles. The lowest BCUT2D eigenvalue weighted by atomic mass is 10.3. The van der Waals surface area contributed by atoms with E-state index in [9.17, 15) is 4.79 Å². The molecule has 96 valence electrons. The smallest absolute Gasteiger partial charge is 0.265 e. The first-order valence-electron chi connectivity index (χ1n) is 5.33. The fourth-order valence-electron chi connectivity index (χ4n) is 1.90. The summed E-state index contributed by atoms with van der Waals surface area (Å²) in [4.78, 5) is 14.7. The number of nitrogens with zero attached hydrogens (tertiary/aromatic N) is 1. The minimum Gasteiger partial charge on any atom is -0.336 e. The van der Waals surface area contributed by atoms with Crippen LogP contribution in [0.15, 0.2) is 5.38 Å². The quantitative estimate of drug-likeness (QED) is 0.909. The van der Waals surface area contributed by atoms with Crippen molar-refractivity contribution in [1.82, 2.24) is 10.2 Å². The lowest BCUT2D eigenvalue weighted by molar-refractivity contribution is 0.0794. The summed E-state index contributed by atoms with van der Waals surface area (Å²) in [7, 11) is 1.93. The molecule has 0 aromatic carbocycles. The van der Waals surface area contributed by atoms with Crippen molar-refractivity contribution in [3.8, 4) is 0 Å². The summed E-state index contributed by atoms with van der Waals surface area (Å²) in [6.45, 7) is 3.52. The van der Waals surface area contributed by atoms with E-state index in [0.29, 0.717) is 15.9 Å². The van der Waals surface area contributed by atoms with Crippen LogP contribution in [0.3, 0.4) is 0 Å². The Balaban J connectivity index is 0.00000144. The van der Waals surface area contributed by atoms with Crippen LogP contribution < -0.4 is 5.32 Å². The van der Waals surface area contributed by atoms with E-state index in [-0.39, 0.29) is 18.3 Å². The van der Waals surface area contributed by atoms with Crippen molar-refractivity contribution < 1.29 is 4.79 Å². The zero-order chi connectivity index (χ0) is 11.7. The summed E-state index contributed by atoms with van der Waals surface area (Å²) < 4.78 is 0. The molecular weight excluding hydrogens is 279 g/mol. The largest absolute Gasteiger partial charge is 0.336 e. The van der Waals surface area contributed by atoms with Gasteiger partial charge in [0.15, 0.2) is 0 Å². The van der Waals surface area contributed by atoms with E-state index in [1.807, 2.05) is 24.3 Å². The molecule has 1 aliphatic heterocycles. The summed E-state index contributed by atoms with van der Waals surface area (Å²) in [5.41, 5.74) is 0.986. The molecule has 0 saturated carbocycles. The van der Waals surface area contributed by atoms with Crippen LogP contribution in [-0.2, 0) is 0 Å². The average Bonchev–Trinajstić information content (AvgIpc) is 2.87. The Labute approximate surface area is 117 Å². The summed E-state index contributed by atoms with van der Waals surface area (Å²) >= 11 is 7.54. The molecule has 1 atom stereocenters. The van der Waals surface area contributed by atoms with Gasteiger partial charge in [-0.1, -0.05) is 11.6 Å². The number of likely N-dealkylation sites (tertiary alicyclic amines) is 1. The van der Waals surface area contributed by atoms with Gasteiger partial charge in [0, 0.05) is 19.1 Å². The third-order valence-electron chi connectivity index (χ3n) is 2.98. The summed E-state index contributed by atoms with van der Waals surface area (Å²) in [6.07, 6.45) is 1.02. The van der Waals surface area contributed by atoms with E-state index in [1.165, 1.54) is 11.3 Å². The maximum Gasteiger partial charge on any atom is 0.265 e. The van der Waals surface area contributed by atoms with Gasteiger partial charge < -0.3 is 10.2 Å². The third-order valence-corrected chi connectivity index (χ3v) is 4.66. The molecule has 2 heterocycles. The van der Waals surface area contributed by atoms with Crippen molar-refractivity contribution in [2.24, 2.45) is 0 Å². The SMILES string of the molecule is CNC1CCN(C(=O)c2scc(C)c2Cl)C1.Cl. The van der Waals surface area contributed by atoms with Crippen LogP contribution in [0.25, 0.3) is 0 Å². The Morgan fingerprint density at radius 1 is 1.65 bits per heavy atom. The number of hydrogen-bond acceptors (Lipinski definition) is 3. The van der Waals surface area contributed by atoms with E-state index in [2.05, 4.69) is 5.32 Å². The van der Waals surface area contributed by atoms with Gasteiger partial charge in [-0.25, -0.2) is 0 Å². The Morgan fingerprint density at radius 3 is 2.82 bits per heavy atom. The van der Waals surface area contributed by atoms with Crippen LogP contribution >= 0.6 is 35.3 Å². The van der Waals surface area contributed by atoms with Gasteiger partial charge in [0.2, 0.25) is 0 Å². The monoisotopic (exact) mass is 294 g/mol. The van der Waals surface area contributed by atoms with E-state index in [0.717, 1.165) is 25.1 Å². The predicted molar refractivity (Wildman–Crippen MR) is 74.7 cm³/mol. The number of amides is 1. The topological polar surface area (TPSA) is 32.3 Å². The first-order chi connectivity index (χ1) is 7.63. The maximum atomic E-state index is 12.2. The number of halogens is 2. The van der Waals surface area contributed by atoms with Gasteiger partial charge in [0.25, 0.3) is 5.91 Å². The van der Waals surface area contributed by atoms with Crippen molar-refractivity contribution in [1.29, 1.82) is 0 Å². The predicted octanol–water partition coefficient (Wildman–Crippen LogP) is 2.57. The number of carbonyl (C=O) groups is 1. The first kappa shape index (κ1) is 14.8. The lowest BCUT2D eigenvalue weighted by Gasteiger charge is -2.15. The fraction of sp³-hybridized carbons (Fsp3) is 0.545. The molecular formula is C11H16Cl2N2OS. The highest BCUT2D eigenvalue weighted by Crippen LogP contribution is 2.29. The van der Waals surface area contributed by atoms with Crippen molar-refractivity contribution in [3.63, 3.8) is 0 Å². The van der Waals surface area contributed by atoms with Crippen LogP contribution in [0.5, 0.6) is 0 Å². The Bertz CT molecular complexity index is 408. The standard InChI is InChI=1S/C11H15ClN2OS.ClH/c1-7-6-16-10(9(7)12)11(15)14-4-3-8(5-14)13-2;/h6,8,13H,3-5H2,1-2H3;1H. The molecule has 3 nitrogen and oxygen atoms in total. The molecule has 1 fully saturated rings. The molecule has 1 aromatic heterocycles. The number of hydrogen-bond donors (Lipinski definition) is 1. The molecule has 1 amide bonds. The van der Waals surface area contributed by atoms with Gasteiger partial charge in [0.1, 0.15) is 4.88 Å². The molecule has 0 spiro atoms. The Hall–Kier alpha value is -0.290. The van der Waals surface area contributed by atoms with Crippen LogP contribution in [0, 0.1) is 6.92 Å². The van der Waals surface area contributed by atoms with Crippen molar-refractivity contribution in [2.75, 3.05) is 20.1 Å². The summed E-state index contributed by atoms with van der Waals surface area (Å²) in [5, 5.41) is 5.74. The van der Waals surface area contributed by atoms with E-state index in [4.69, 9.17) is 11.6 Å². The Morgan fingerprint density at radius 2 is 2.35 bits per heavy atom. The van der Waals surface area contributed by atoms with Gasteiger partial charge in [-0.15, -0.1) is 23.7 Å². The van der Waals surface area contributed by atoms with Crippen LogP contribution in [0.1, 0.15) is 21.7 Å². The van der Waals surface area contributed by atoms with Crippen LogP contribution in [0.2, 0.25) is 5.02 Å². The van der Waals surface area contributed by atoms with Gasteiger partial charge in [0.05, 0.1) is 5.02 Å². The highest BCUT2D eigenvalue weighted by atomic mass is 35.5. The van der Waals surface area contributed by atoms with Gasteiger partial charge >= 0.3 is 0 Å². The molecule has 1 N–H and O–H groups in total. The number of nitrogens with one attached hydrogen (secondary N) is 1. The summed E-state index contributed by atoms with van der Waals surface area (Å²) in [6, 6.07) is 0.420. The van der Waals surface area contributed by atoms with Gasteiger partial charge in [-0.2, -0.15) is 0 Å². The molecule has 6 heteroatoms. The highest BCUT2D eigenvalue weighted by molar-refractivity contribution is 7.13. The molecule has 1 aliphatic rings. The minimum absolute atomic E-state index is 0. The zero-order valence-electron chi connectivity index (χ0n) is 9.83. The molecule has 1 aromatic rings. The normalized spacial score (nSPS) is 19.2. The lowest BCUT2D eigenvalue weighted by Crippen LogP contribution is -2.33.